The second kappa shape index (κ2) is 7.05. The van der Waals surface area contributed by atoms with E-state index < -0.39 is 6.04 Å². The third-order valence-electron chi connectivity index (χ3n) is 4.35. The molecule has 0 spiro atoms. The number of benzene rings is 1. The molecule has 7 heteroatoms. The van der Waals surface area contributed by atoms with Crippen molar-refractivity contribution < 1.29 is 13.7 Å². The van der Waals surface area contributed by atoms with E-state index in [1.165, 1.54) is 12.1 Å². The first-order valence-electron chi connectivity index (χ1n) is 8.34. The van der Waals surface area contributed by atoms with Crippen LogP contribution in [0.25, 0.3) is 11.3 Å². The Bertz CT molecular complexity index is 913. The number of pyridine rings is 1. The van der Waals surface area contributed by atoms with E-state index in [9.17, 15) is 9.18 Å². The minimum atomic E-state index is -0.564. The van der Waals surface area contributed by atoms with Gasteiger partial charge in [-0.2, -0.15) is 0 Å². The number of aromatic nitrogens is 2. The molecule has 1 amide bonds. The zero-order valence-corrected chi connectivity index (χ0v) is 13.9. The fourth-order valence-electron chi connectivity index (χ4n) is 3.16. The lowest BCUT2D eigenvalue weighted by atomic mass is 10.0. The van der Waals surface area contributed by atoms with Crippen LogP contribution in [0.4, 0.5) is 4.39 Å². The Morgan fingerprint density at radius 3 is 3.00 bits per heavy atom. The monoisotopic (exact) mass is 352 g/mol. The molecule has 0 radical (unpaired) electrons. The maximum absolute atomic E-state index is 13.6. The van der Waals surface area contributed by atoms with Crippen LogP contribution >= 0.6 is 0 Å². The van der Waals surface area contributed by atoms with E-state index in [1.54, 1.807) is 24.5 Å². The molecule has 1 aliphatic rings. The minimum absolute atomic E-state index is 0.145. The van der Waals surface area contributed by atoms with Crippen LogP contribution in [0.2, 0.25) is 0 Å². The van der Waals surface area contributed by atoms with Gasteiger partial charge in [-0.1, -0.05) is 17.3 Å². The number of nitrogens with zero attached hydrogens (tertiary/aromatic N) is 3. The van der Waals surface area contributed by atoms with Crippen molar-refractivity contribution in [2.75, 3.05) is 13.1 Å². The van der Waals surface area contributed by atoms with Crippen molar-refractivity contribution >= 4 is 5.91 Å². The lowest BCUT2D eigenvalue weighted by Crippen LogP contribution is -2.49. The molecule has 4 rings (SSSR count). The molecule has 1 atom stereocenters. The summed E-state index contributed by atoms with van der Waals surface area (Å²) < 4.78 is 19.0. The first kappa shape index (κ1) is 16.4. The van der Waals surface area contributed by atoms with Crippen LogP contribution in [0.15, 0.2) is 59.4 Å². The van der Waals surface area contributed by atoms with Gasteiger partial charge in [-0.15, -0.1) is 0 Å². The van der Waals surface area contributed by atoms with Gasteiger partial charge in [0.1, 0.15) is 17.6 Å². The summed E-state index contributed by atoms with van der Waals surface area (Å²) in [5, 5.41) is 6.92. The number of carbonyl (C=O) groups is 1. The van der Waals surface area contributed by atoms with Gasteiger partial charge in [0.05, 0.1) is 6.54 Å². The average molecular weight is 352 g/mol. The van der Waals surface area contributed by atoms with Gasteiger partial charge in [0.15, 0.2) is 5.76 Å². The number of halogens is 1. The normalized spacial score (nSPS) is 17.9. The van der Waals surface area contributed by atoms with Crippen LogP contribution < -0.4 is 5.32 Å². The Morgan fingerprint density at radius 1 is 1.27 bits per heavy atom. The molecule has 3 aromatic rings. The van der Waals surface area contributed by atoms with E-state index >= 15 is 0 Å². The zero-order valence-electron chi connectivity index (χ0n) is 13.9. The van der Waals surface area contributed by atoms with E-state index in [1.807, 2.05) is 23.1 Å². The molecule has 2 aromatic heterocycles. The second-order valence-corrected chi connectivity index (χ2v) is 6.14. The number of amides is 1. The number of piperazine rings is 1. The highest BCUT2D eigenvalue weighted by molar-refractivity contribution is 5.83. The van der Waals surface area contributed by atoms with Gasteiger partial charge in [-0.3, -0.25) is 14.7 Å². The number of carbonyl (C=O) groups excluding carboxylic acids is 1. The first-order chi connectivity index (χ1) is 12.7. The number of rotatable bonds is 4. The molecule has 1 N–H and O–H groups in total. The van der Waals surface area contributed by atoms with Crippen LogP contribution in [0, 0.1) is 5.82 Å². The van der Waals surface area contributed by atoms with Crippen molar-refractivity contribution in [2.45, 2.75) is 12.6 Å². The molecule has 1 saturated heterocycles. The topological polar surface area (TPSA) is 71.3 Å². The summed E-state index contributed by atoms with van der Waals surface area (Å²) in [6.07, 6.45) is 3.41. The van der Waals surface area contributed by atoms with Crippen molar-refractivity contribution in [3.05, 3.63) is 72.0 Å². The standard InChI is InChI=1S/C19H17FN4O2/c20-15-5-1-3-13(9-15)18-19(25)22-7-8-24(18)12-16-10-17(23-26-16)14-4-2-6-21-11-14/h1-6,9-11,18H,7-8,12H2,(H,22,25). The maximum Gasteiger partial charge on any atom is 0.242 e. The smallest absolute Gasteiger partial charge is 0.242 e. The van der Waals surface area contributed by atoms with E-state index in [0.717, 1.165) is 5.56 Å². The average Bonchev–Trinajstić information content (AvgIpc) is 3.11. The summed E-state index contributed by atoms with van der Waals surface area (Å²) >= 11 is 0. The van der Waals surface area contributed by atoms with Gasteiger partial charge in [-0.05, 0) is 29.8 Å². The Labute approximate surface area is 149 Å². The van der Waals surface area contributed by atoms with Crippen molar-refractivity contribution in [3.8, 4) is 11.3 Å². The number of nitrogens with one attached hydrogen (secondary N) is 1. The Morgan fingerprint density at radius 2 is 2.19 bits per heavy atom. The van der Waals surface area contributed by atoms with Crippen molar-refractivity contribution in [3.63, 3.8) is 0 Å². The highest BCUT2D eigenvalue weighted by atomic mass is 19.1. The largest absolute Gasteiger partial charge is 0.359 e. The SMILES string of the molecule is O=C1NCCN(Cc2cc(-c3cccnc3)no2)C1c1cccc(F)c1. The minimum Gasteiger partial charge on any atom is -0.359 e. The number of hydrogen-bond donors (Lipinski definition) is 1. The highest BCUT2D eigenvalue weighted by Gasteiger charge is 2.32. The van der Waals surface area contributed by atoms with Gasteiger partial charge in [-0.25, -0.2) is 4.39 Å². The predicted octanol–water partition coefficient (Wildman–Crippen LogP) is 2.55. The van der Waals surface area contributed by atoms with Gasteiger partial charge >= 0.3 is 0 Å². The fourth-order valence-corrected chi connectivity index (χ4v) is 3.16. The van der Waals surface area contributed by atoms with Crippen LogP contribution in [0.3, 0.4) is 0 Å². The zero-order chi connectivity index (χ0) is 17.9. The van der Waals surface area contributed by atoms with Crippen LogP contribution in [0.1, 0.15) is 17.4 Å². The van der Waals surface area contributed by atoms with Gasteiger partial charge < -0.3 is 9.84 Å². The lowest BCUT2D eigenvalue weighted by Gasteiger charge is -2.34. The van der Waals surface area contributed by atoms with Crippen molar-refractivity contribution in [2.24, 2.45) is 0 Å². The third kappa shape index (κ3) is 3.34. The quantitative estimate of drug-likeness (QED) is 0.781. The molecule has 6 nitrogen and oxygen atoms in total. The fraction of sp³-hybridized carbons (Fsp3) is 0.211. The summed E-state index contributed by atoms with van der Waals surface area (Å²) in [7, 11) is 0. The molecule has 1 aliphatic heterocycles. The maximum atomic E-state index is 13.6. The van der Waals surface area contributed by atoms with Gasteiger partial charge in [0.2, 0.25) is 5.91 Å². The predicted molar refractivity (Wildman–Crippen MR) is 92.3 cm³/mol. The molecular weight excluding hydrogens is 335 g/mol. The molecule has 1 unspecified atom stereocenters. The Hall–Kier alpha value is -3.06. The van der Waals surface area contributed by atoms with Crippen LogP contribution in [-0.4, -0.2) is 34.0 Å². The van der Waals surface area contributed by atoms with E-state index in [4.69, 9.17) is 4.52 Å². The summed E-state index contributed by atoms with van der Waals surface area (Å²) in [6, 6.07) is 11.1. The second-order valence-electron chi connectivity index (χ2n) is 6.14. The summed E-state index contributed by atoms with van der Waals surface area (Å²) in [4.78, 5) is 18.4. The van der Waals surface area contributed by atoms with E-state index in [2.05, 4.69) is 15.5 Å². The summed E-state index contributed by atoms with van der Waals surface area (Å²) in [6.45, 7) is 1.58. The van der Waals surface area contributed by atoms with E-state index in [0.29, 0.717) is 36.7 Å². The molecule has 0 saturated carbocycles. The van der Waals surface area contributed by atoms with Crippen LogP contribution in [-0.2, 0) is 11.3 Å². The first-order valence-corrected chi connectivity index (χ1v) is 8.34. The van der Waals surface area contributed by atoms with Gasteiger partial charge in [0.25, 0.3) is 0 Å². The molecule has 0 bridgehead atoms. The summed E-state index contributed by atoms with van der Waals surface area (Å²) in [5.74, 6) is 0.133. The molecule has 1 fully saturated rings. The van der Waals surface area contributed by atoms with Crippen LogP contribution in [0.5, 0.6) is 0 Å². The number of hydrogen-bond acceptors (Lipinski definition) is 5. The summed E-state index contributed by atoms with van der Waals surface area (Å²) in [5.41, 5.74) is 2.17. The molecule has 3 heterocycles. The van der Waals surface area contributed by atoms with E-state index in [-0.39, 0.29) is 11.7 Å². The van der Waals surface area contributed by atoms with Crippen molar-refractivity contribution in [1.29, 1.82) is 0 Å². The molecule has 0 aliphatic carbocycles. The highest BCUT2D eigenvalue weighted by Crippen LogP contribution is 2.27. The molecule has 26 heavy (non-hydrogen) atoms. The third-order valence-corrected chi connectivity index (χ3v) is 4.35. The lowest BCUT2D eigenvalue weighted by molar-refractivity contribution is -0.129. The molecular formula is C19H17FN4O2. The molecule has 1 aromatic carbocycles. The van der Waals surface area contributed by atoms with Crippen molar-refractivity contribution in [1.82, 2.24) is 20.4 Å². The Balaban J connectivity index is 1.58. The Kier molecular flexibility index (Phi) is 4.45. The molecule has 132 valence electrons. The van der Waals surface area contributed by atoms with Gasteiger partial charge in [0, 0.05) is 37.1 Å².